The minimum Gasteiger partial charge on any atom is -0.0808 e. The molecule has 0 heteroatoms. The van der Waals surface area contributed by atoms with Crippen LogP contribution in [0.2, 0.25) is 0 Å². The van der Waals surface area contributed by atoms with Gasteiger partial charge >= 0.3 is 0 Å². The largest absolute Gasteiger partial charge is 0.0808 e. The lowest BCUT2D eigenvalue weighted by molar-refractivity contribution is 1.45. The van der Waals surface area contributed by atoms with Gasteiger partial charge in [0.15, 0.2) is 0 Å². The summed E-state index contributed by atoms with van der Waals surface area (Å²) in [6.07, 6.45) is 9.50. The first-order valence-electron chi connectivity index (χ1n) is 10.0. The Hall–Kier alpha value is -2.86. The summed E-state index contributed by atoms with van der Waals surface area (Å²) in [6.45, 7) is 8.00. The smallest absolute Gasteiger partial charge is 0.00990 e. The zero-order valence-electron chi connectivity index (χ0n) is 16.9. The van der Waals surface area contributed by atoms with Crippen molar-refractivity contribution in [2.24, 2.45) is 0 Å². The summed E-state index contributed by atoms with van der Waals surface area (Å²) >= 11 is 0. The standard InChI is InChI=1S/C18H12.C5H6.2C2H6/c1-2-8-14-13(7-1)15-9-3-4-11-17(15)18-12-6-5-10-16(14)18;1-2-4-5-3-1;2*1-2/h1-12H;1-4H,5H2;2*1-2H3. The second-order valence-corrected chi connectivity index (χ2v) is 5.73. The molecule has 0 aliphatic heterocycles. The quantitative estimate of drug-likeness (QED) is 0.277. The van der Waals surface area contributed by atoms with Crippen LogP contribution in [0.3, 0.4) is 0 Å². The first-order valence-corrected chi connectivity index (χ1v) is 10.0. The van der Waals surface area contributed by atoms with Crippen LogP contribution in [-0.4, -0.2) is 0 Å². The monoisotopic (exact) mass is 354 g/mol. The summed E-state index contributed by atoms with van der Waals surface area (Å²) in [6, 6.07) is 26.0. The molecule has 0 saturated carbocycles. The second kappa shape index (κ2) is 11.0. The molecule has 0 heterocycles. The lowest BCUT2D eigenvalue weighted by atomic mass is 9.95. The molecule has 0 aromatic heterocycles. The van der Waals surface area contributed by atoms with Gasteiger partial charge in [0.1, 0.15) is 0 Å². The van der Waals surface area contributed by atoms with Crippen LogP contribution < -0.4 is 0 Å². The van der Waals surface area contributed by atoms with Gasteiger partial charge in [0.2, 0.25) is 0 Å². The fourth-order valence-corrected chi connectivity index (χ4v) is 3.25. The third kappa shape index (κ3) is 4.65. The second-order valence-electron chi connectivity index (χ2n) is 5.73. The van der Waals surface area contributed by atoms with Crippen LogP contribution in [0.25, 0.3) is 32.3 Å². The van der Waals surface area contributed by atoms with Crippen LogP contribution in [0.15, 0.2) is 97.1 Å². The molecule has 4 aromatic carbocycles. The minimum absolute atomic E-state index is 1.14. The summed E-state index contributed by atoms with van der Waals surface area (Å²) in [5, 5.41) is 8.04. The lowest BCUT2D eigenvalue weighted by Gasteiger charge is -2.09. The van der Waals surface area contributed by atoms with Crippen molar-refractivity contribution in [3.8, 4) is 0 Å². The van der Waals surface area contributed by atoms with E-state index in [2.05, 4.69) is 97.1 Å². The Labute approximate surface area is 163 Å². The van der Waals surface area contributed by atoms with Gasteiger partial charge in [-0.25, -0.2) is 0 Å². The van der Waals surface area contributed by atoms with Gasteiger partial charge in [-0.15, -0.1) is 0 Å². The van der Waals surface area contributed by atoms with Crippen molar-refractivity contribution in [1.29, 1.82) is 0 Å². The Bertz CT molecular complexity index is 805. The van der Waals surface area contributed by atoms with Gasteiger partial charge in [-0.1, -0.05) is 125 Å². The van der Waals surface area contributed by atoms with Crippen LogP contribution in [0, 0.1) is 0 Å². The number of rotatable bonds is 0. The molecule has 0 atom stereocenters. The summed E-state index contributed by atoms with van der Waals surface area (Å²) in [5.74, 6) is 0. The van der Waals surface area contributed by atoms with E-state index in [-0.39, 0.29) is 0 Å². The van der Waals surface area contributed by atoms with Crippen molar-refractivity contribution < 1.29 is 0 Å². The molecular weight excluding hydrogens is 324 g/mol. The molecule has 0 saturated heterocycles. The van der Waals surface area contributed by atoms with Crippen molar-refractivity contribution in [2.45, 2.75) is 34.1 Å². The summed E-state index contributed by atoms with van der Waals surface area (Å²) in [7, 11) is 0. The summed E-state index contributed by atoms with van der Waals surface area (Å²) in [4.78, 5) is 0. The molecule has 0 unspecified atom stereocenters. The van der Waals surface area contributed by atoms with E-state index >= 15 is 0 Å². The first kappa shape index (κ1) is 20.5. The number of allylic oxidation sites excluding steroid dienone is 4. The predicted octanol–water partition coefficient (Wildman–Crippen LogP) is 8.70. The highest BCUT2D eigenvalue weighted by atomic mass is 14.1. The number of benzene rings is 4. The summed E-state index contributed by atoms with van der Waals surface area (Å²) < 4.78 is 0. The molecule has 1 aliphatic rings. The van der Waals surface area contributed by atoms with Gasteiger partial charge in [0, 0.05) is 0 Å². The molecule has 0 spiro atoms. The van der Waals surface area contributed by atoms with Crippen LogP contribution in [0.1, 0.15) is 34.1 Å². The van der Waals surface area contributed by atoms with E-state index in [0.29, 0.717) is 0 Å². The van der Waals surface area contributed by atoms with E-state index in [1.165, 1.54) is 32.3 Å². The Kier molecular flexibility index (Phi) is 8.32. The van der Waals surface area contributed by atoms with E-state index in [9.17, 15) is 0 Å². The van der Waals surface area contributed by atoms with Gasteiger partial charge < -0.3 is 0 Å². The van der Waals surface area contributed by atoms with Crippen molar-refractivity contribution >= 4 is 32.3 Å². The van der Waals surface area contributed by atoms with E-state index in [1.807, 2.05) is 27.7 Å². The predicted molar refractivity (Wildman–Crippen MR) is 125 cm³/mol. The number of fused-ring (bicyclic) bond motifs is 6. The van der Waals surface area contributed by atoms with Gasteiger partial charge in [-0.2, -0.15) is 0 Å². The minimum atomic E-state index is 1.14. The molecule has 0 fully saturated rings. The molecule has 0 radical (unpaired) electrons. The zero-order valence-corrected chi connectivity index (χ0v) is 16.9. The van der Waals surface area contributed by atoms with E-state index < -0.39 is 0 Å². The van der Waals surface area contributed by atoms with Crippen LogP contribution >= 0.6 is 0 Å². The zero-order chi connectivity index (χ0) is 19.5. The Morgan fingerprint density at radius 3 is 0.778 bits per heavy atom. The molecule has 0 amide bonds. The highest BCUT2D eigenvalue weighted by Gasteiger charge is 2.06. The Morgan fingerprint density at radius 1 is 0.407 bits per heavy atom. The maximum atomic E-state index is 2.21. The average molecular weight is 355 g/mol. The van der Waals surface area contributed by atoms with E-state index in [1.54, 1.807) is 0 Å². The Balaban J connectivity index is 0.000000246. The van der Waals surface area contributed by atoms with Crippen molar-refractivity contribution in [3.63, 3.8) is 0 Å². The van der Waals surface area contributed by atoms with Gasteiger partial charge in [-0.3, -0.25) is 0 Å². The highest BCUT2D eigenvalue weighted by molar-refractivity contribution is 6.25. The Morgan fingerprint density at radius 2 is 0.630 bits per heavy atom. The normalized spacial score (nSPS) is 11.3. The highest BCUT2D eigenvalue weighted by Crippen LogP contribution is 2.34. The maximum Gasteiger partial charge on any atom is -0.00990 e. The average Bonchev–Trinajstić information content (AvgIpc) is 3.37. The molecular formula is C27H30. The fourth-order valence-electron chi connectivity index (χ4n) is 3.25. The third-order valence-corrected chi connectivity index (χ3v) is 4.31. The molecule has 0 N–H and O–H groups in total. The molecule has 138 valence electrons. The maximum absolute atomic E-state index is 2.21. The fraction of sp³-hybridized carbons (Fsp3) is 0.185. The van der Waals surface area contributed by atoms with Gasteiger partial charge in [0.25, 0.3) is 0 Å². The first-order chi connectivity index (χ1) is 13.4. The molecule has 5 rings (SSSR count). The van der Waals surface area contributed by atoms with E-state index in [4.69, 9.17) is 0 Å². The van der Waals surface area contributed by atoms with Crippen molar-refractivity contribution in [3.05, 3.63) is 97.1 Å². The molecule has 0 bridgehead atoms. The van der Waals surface area contributed by atoms with Gasteiger partial charge in [0.05, 0.1) is 0 Å². The molecule has 1 aliphatic carbocycles. The molecule has 4 aromatic rings. The lowest BCUT2D eigenvalue weighted by Crippen LogP contribution is -1.81. The van der Waals surface area contributed by atoms with Crippen LogP contribution in [-0.2, 0) is 0 Å². The SMILES string of the molecule is C1=CCC=C1.CC.CC.c1ccc2c(c1)c1ccccc1c1ccccc21. The topological polar surface area (TPSA) is 0 Å². The van der Waals surface area contributed by atoms with Crippen molar-refractivity contribution in [1.82, 2.24) is 0 Å². The van der Waals surface area contributed by atoms with Crippen LogP contribution in [0.5, 0.6) is 0 Å². The molecule has 27 heavy (non-hydrogen) atoms. The third-order valence-electron chi connectivity index (χ3n) is 4.31. The van der Waals surface area contributed by atoms with Crippen molar-refractivity contribution in [2.75, 3.05) is 0 Å². The molecule has 0 nitrogen and oxygen atoms in total. The van der Waals surface area contributed by atoms with Crippen LogP contribution in [0.4, 0.5) is 0 Å². The summed E-state index contributed by atoms with van der Waals surface area (Å²) in [5.41, 5.74) is 0. The van der Waals surface area contributed by atoms with Gasteiger partial charge in [-0.05, 0) is 38.7 Å². The van der Waals surface area contributed by atoms with E-state index in [0.717, 1.165) is 6.42 Å². The number of hydrogen-bond acceptors (Lipinski definition) is 0. The number of hydrogen-bond donors (Lipinski definition) is 0.